The minimum atomic E-state index is -0.323. The fourth-order valence-corrected chi connectivity index (χ4v) is 3.73. The van der Waals surface area contributed by atoms with E-state index in [1.54, 1.807) is 42.7 Å². The maximum absolute atomic E-state index is 13.1. The lowest BCUT2D eigenvalue weighted by molar-refractivity contribution is -0.112. The summed E-state index contributed by atoms with van der Waals surface area (Å²) < 4.78 is 0. The Bertz CT molecular complexity index is 1500. The largest absolute Gasteiger partial charge is 0.346 e. The van der Waals surface area contributed by atoms with Gasteiger partial charge in [0.1, 0.15) is 0 Å². The average molecular weight is 433 g/mol. The average Bonchev–Trinajstić information content (AvgIpc) is 3.19. The van der Waals surface area contributed by atoms with Gasteiger partial charge in [-0.15, -0.1) is 0 Å². The molecule has 2 amide bonds. The Morgan fingerprint density at radius 3 is 2.61 bits per heavy atom. The number of nitrogens with one attached hydrogen (secondary N) is 1. The molecular weight excluding hydrogens is 414 g/mol. The van der Waals surface area contributed by atoms with Crippen LogP contribution >= 0.6 is 0 Å². The number of amides is 2. The summed E-state index contributed by atoms with van der Waals surface area (Å²) in [6, 6.07) is 20.2. The van der Waals surface area contributed by atoms with Crippen LogP contribution in [0.2, 0.25) is 0 Å². The Kier molecular flexibility index (Phi) is 5.28. The molecule has 0 radical (unpaired) electrons. The highest BCUT2D eigenvalue weighted by Gasteiger charge is 2.21. The molecule has 1 N–H and O–H groups in total. The number of benzene rings is 2. The highest BCUT2D eigenvalue weighted by molar-refractivity contribution is 6.21. The first kappa shape index (κ1) is 20.4. The number of fused-ring (bicyclic) bond motifs is 1. The van der Waals surface area contributed by atoms with E-state index in [2.05, 4.69) is 25.5 Å². The van der Waals surface area contributed by atoms with E-state index in [4.69, 9.17) is 0 Å². The lowest BCUT2D eigenvalue weighted by Crippen LogP contribution is -2.24. The van der Waals surface area contributed by atoms with Crippen LogP contribution in [0.5, 0.6) is 0 Å². The summed E-state index contributed by atoms with van der Waals surface area (Å²) in [6.45, 7) is 2.20. The third kappa shape index (κ3) is 4.16. The normalized spacial score (nSPS) is 12.3. The molecule has 2 aromatic heterocycles. The van der Waals surface area contributed by atoms with E-state index >= 15 is 0 Å². The van der Waals surface area contributed by atoms with Gasteiger partial charge in [-0.3, -0.25) is 14.6 Å². The first-order chi connectivity index (χ1) is 16.1. The van der Waals surface area contributed by atoms with Crippen molar-refractivity contribution < 1.29 is 9.59 Å². The summed E-state index contributed by atoms with van der Waals surface area (Å²) in [5.74, 6) is -0.608. The van der Waals surface area contributed by atoms with Gasteiger partial charge in [0.2, 0.25) is 0 Å². The zero-order chi connectivity index (χ0) is 22.8. The zero-order valence-electron chi connectivity index (χ0n) is 17.8. The van der Waals surface area contributed by atoms with E-state index in [-0.39, 0.29) is 18.4 Å². The van der Waals surface area contributed by atoms with Crippen molar-refractivity contribution in [2.75, 3.05) is 0 Å². The van der Waals surface area contributed by atoms with Crippen LogP contribution in [0.25, 0.3) is 16.8 Å². The van der Waals surface area contributed by atoms with Crippen molar-refractivity contribution in [3.05, 3.63) is 112 Å². The van der Waals surface area contributed by atoms with Crippen molar-refractivity contribution >= 4 is 17.4 Å². The Morgan fingerprint density at radius 2 is 1.82 bits per heavy atom. The quantitative estimate of drug-likeness (QED) is 0.520. The third-order valence-electron chi connectivity index (χ3n) is 5.36. The number of carbonyl (C=O) groups excluding carboxylic acids is 2. The van der Waals surface area contributed by atoms with Crippen LogP contribution < -0.4 is 15.9 Å². The SMILES string of the molecule is Cc1ccc(-c2cc(C(=O)NCc3cccnn3)cc(C3=c4ccccc4=NC3=O)c2)nc1. The van der Waals surface area contributed by atoms with E-state index in [9.17, 15) is 9.59 Å². The number of pyridine rings is 1. The summed E-state index contributed by atoms with van der Waals surface area (Å²) in [4.78, 5) is 34.5. The zero-order valence-corrected chi connectivity index (χ0v) is 17.8. The van der Waals surface area contributed by atoms with Crippen molar-refractivity contribution in [3.8, 4) is 11.3 Å². The molecule has 0 spiro atoms. The van der Waals surface area contributed by atoms with Gasteiger partial charge >= 0.3 is 0 Å². The maximum atomic E-state index is 13.1. The van der Waals surface area contributed by atoms with Crippen LogP contribution in [0.3, 0.4) is 0 Å². The maximum Gasteiger partial charge on any atom is 0.278 e. The van der Waals surface area contributed by atoms with Crippen LogP contribution in [0.4, 0.5) is 0 Å². The standard InChI is InChI=1S/C26H19N5O2/c1-16-8-9-22(27-14-16)17-11-18(24-21-6-2-3-7-23(21)30-26(24)33)13-19(12-17)25(32)28-15-20-5-4-10-29-31-20/h2-14H,15H2,1H3,(H,28,32). The number of carbonyl (C=O) groups is 2. The topological polar surface area (TPSA) is 97.2 Å². The molecule has 1 aliphatic heterocycles. The fourth-order valence-electron chi connectivity index (χ4n) is 3.73. The second-order valence-corrected chi connectivity index (χ2v) is 7.73. The van der Waals surface area contributed by atoms with Crippen LogP contribution in [0, 0.1) is 6.92 Å². The van der Waals surface area contributed by atoms with Gasteiger partial charge in [-0.05, 0) is 60.5 Å². The summed E-state index contributed by atoms with van der Waals surface area (Å²) in [6.07, 6.45) is 3.35. The number of rotatable bonds is 5. The lowest BCUT2D eigenvalue weighted by atomic mass is 9.96. The molecule has 0 bridgehead atoms. The number of aromatic nitrogens is 3. The van der Waals surface area contributed by atoms with Crippen molar-refractivity contribution in [2.45, 2.75) is 13.5 Å². The molecule has 4 aromatic rings. The molecule has 160 valence electrons. The predicted octanol–water partition coefficient (Wildman–Crippen LogP) is 2.14. The van der Waals surface area contributed by atoms with Gasteiger partial charge in [0.15, 0.2) is 0 Å². The van der Waals surface area contributed by atoms with Crippen LogP contribution in [-0.4, -0.2) is 27.0 Å². The predicted molar refractivity (Wildman–Crippen MR) is 122 cm³/mol. The summed E-state index contributed by atoms with van der Waals surface area (Å²) >= 11 is 0. The first-order valence-electron chi connectivity index (χ1n) is 10.4. The van der Waals surface area contributed by atoms with E-state index in [1.165, 1.54) is 0 Å². The van der Waals surface area contributed by atoms with Gasteiger partial charge in [-0.25, -0.2) is 4.99 Å². The third-order valence-corrected chi connectivity index (χ3v) is 5.36. The number of aryl methyl sites for hydroxylation is 1. The van der Waals surface area contributed by atoms with Gasteiger partial charge in [0.25, 0.3) is 11.8 Å². The highest BCUT2D eigenvalue weighted by Crippen LogP contribution is 2.25. The van der Waals surface area contributed by atoms with E-state index in [0.29, 0.717) is 33.4 Å². The Morgan fingerprint density at radius 1 is 0.970 bits per heavy atom. The van der Waals surface area contributed by atoms with Gasteiger partial charge in [0, 0.05) is 28.7 Å². The van der Waals surface area contributed by atoms with E-state index < -0.39 is 0 Å². The molecule has 0 fully saturated rings. The minimum absolute atomic E-state index is 0.239. The number of hydrogen-bond acceptors (Lipinski definition) is 5. The molecule has 2 aromatic carbocycles. The molecule has 7 nitrogen and oxygen atoms in total. The van der Waals surface area contributed by atoms with Crippen molar-refractivity contribution in [2.24, 2.45) is 4.99 Å². The summed E-state index contributed by atoms with van der Waals surface area (Å²) in [5, 5.41) is 12.1. The van der Waals surface area contributed by atoms with Gasteiger partial charge in [-0.2, -0.15) is 10.2 Å². The molecule has 1 aliphatic rings. The van der Waals surface area contributed by atoms with Crippen molar-refractivity contribution in [1.82, 2.24) is 20.5 Å². The minimum Gasteiger partial charge on any atom is -0.346 e. The number of hydrogen-bond donors (Lipinski definition) is 1. The van der Waals surface area contributed by atoms with Gasteiger partial charge in [-0.1, -0.05) is 24.3 Å². The molecular formula is C26H19N5O2. The molecule has 33 heavy (non-hydrogen) atoms. The molecule has 0 aliphatic carbocycles. The molecule has 0 saturated carbocycles. The second kappa shape index (κ2) is 8.55. The molecule has 7 heteroatoms. The lowest BCUT2D eigenvalue weighted by Gasteiger charge is -2.11. The highest BCUT2D eigenvalue weighted by atomic mass is 16.2. The van der Waals surface area contributed by atoms with Crippen molar-refractivity contribution in [3.63, 3.8) is 0 Å². The number of nitrogens with zero attached hydrogens (tertiary/aromatic N) is 4. The molecule has 5 rings (SSSR count). The number of para-hydroxylation sites is 1. The van der Waals surface area contributed by atoms with E-state index in [1.807, 2.05) is 43.3 Å². The summed E-state index contributed by atoms with van der Waals surface area (Å²) in [5.41, 5.74) is 4.64. The van der Waals surface area contributed by atoms with Crippen LogP contribution in [0.15, 0.2) is 84.1 Å². The monoisotopic (exact) mass is 433 g/mol. The Hall–Kier alpha value is -4.52. The fraction of sp³-hybridized carbons (Fsp3) is 0.0769. The van der Waals surface area contributed by atoms with E-state index in [0.717, 1.165) is 16.3 Å². The van der Waals surface area contributed by atoms with Gasteiger partial charge in [0.05, 0.1) is 28.9 Å². The molecule has 0 unspecified atom stereocenters. The molecule has 0 saturated heterocycles. The Labute approximate surface area is 189 Å². The smallest absolute Gasteiger partial charge is 0.278 e. The van der Waals surface area contributed by atoms with Gasteiger partial charge < -0.3 is 5.32 Å². The van der Waals surface area contributed by atoms with Crippen molar-refractivity contribution in [1.29, 1.82) is 0 Å². The first-order valence-corrected chi connectivity index (χ1v) is 10.4. The molecule has 3 heterocycles. The van der Waals surface area contributed by atoms with Crippen LogP contribution in [-0.2, 0) is 11.3 Å². The van der Waals surface area contributed by atoms with Crippen LogP contribution in [0.1, 0.15) is 27.2 Å². The second-order valence-electron chi connectivity index (χ2n) is 7.73. The summed E-state index contributed by atoms with van der Waals surface area (Å²) in [7, 11) is 0. The molecule has 0 atom stereocenters. The Balaban J connectivity index is 1.60.